The molecule has 0 atom stereocenters. The molecule has 2 rings (SSSR count). The summed E-state index contributed by atoms with van der Waals surface area (Å²) in [6, 6.07) is 3.49. The quantitative estimate of drug-likeness (QED) is 0.419. The normalized spacial score (nSPS) is 10.6. The molecule has 0 N–H and O–H groups in total. The summed E-state index contributed by atoms with van der Waals surface area (Å²) >= 11 is 0. The summed E-state index contributed by atoms with van der Waals surface area (Å²) in [7, 11) is 0. The maximum atomic E-state index is 11.0. The van der Waals surface area contributed by atoms with E-state index in [0.717, 1.165) is 15.7 Å². The van der Waals surface area contributed by atoms with Crippen molar-refractivity contribution in [3.05, 3.63) is 35.5 Å². The highest BCUT2D eigenvalue weighted by molar-refractivity contribution is 5.75. The van der Waals surface area contributed by atoms with Gasteiger partial charge in [0.25, 0.3) is 0 Å². The van der Waals surface area contributed by atoms with Crippen LogP contribution < -0.4 is 4.73 Å². The number of rotatable bonds is 0. The predicted molar refractivity (Wildman–Crippen MR) is 39.9 cm³/mol. The van der Waals surface area contributed by atoms with E-state index in [4.69, 9.17) is 4.42 Å². The Morgan fingerprint density at radius 1 is 1.55 bits per heavy atom. The molecule has 0 bridgehead atoms. The highest BCUT2D eigenvalue weighted by atomic mass is 16.5. The van der Waals surface area contributed by atoms with Crippen molar-refractivity contribution in [1.29, 1.82) is 0 Å². The van der Waals surface area contributed by atoms with Crippen molar-refractivity contribution < 1.29 is 9.15 Å². The van der Waals surface area contributed by atoms with Crippen molar-refractivity contribution in [2.45, 2.75) is 6.92 Å². The van der Waals surface area contributed by atoms with Crippen LogP contribution in [0.5, 0.6) is 0 Å². The van der Waals surface area contributed by atoms with Crippen LogP contribution in [0.3, 0.4) is 0 Å². The number of hydrogen-bond donors (Lipinski definition) is 0. The first-order chi connectivity index (χ1) is 5.27. The van der Waals surface area contributed by atoms with E-state index < -0.39 is 0 Å². The molecule has 0 unspecified atom stereocenters. The predicted octanol–water partition coefficient (Wildman–Crippen LogP) is 1.37. The highest BCUT2D eigenvalue weighted by Crippen LogP contribution is 2.12. The maximum Gasteiger partial charge on any atom is 0.193 e. The van der Waals surface area contributed by atoms with Crippen LogP contribution in [0.4, 0.5) is 0 Å². The van der Waals surface area contributed by atoms with Gasteiger partial charge in [0.15, 0.2) is 11.9 Å². The molecule has 0 spiro atoms. The summed E-state index contributed by atoms with van der Waals surface area (Å²) in [5, 5.41) is 11.8. The first-order valence-electron chi connectivity index (χ1n) is 3.34. The van der Waals surface area contributed by atoms with Gasteiger partial charge < -0.3 is 9.62 Å². The second kappa shape index (κ2) is 1.99. The molecular weight excluding hydrogens is 142 g/mol. The molecule has 0 fully saturated rings. The van der Waals surface area contributed by atoms with Gasteiger partial charge in [0.05, 0.1) is 11.6 Å². The van der Waals surface area contributed by atoms with E-state index in [-0.39, 0.29) is 0 Å². The molecule has 0 aliphatic heterocycles. The molecule has 2 heterocycles. The number of aromatic nitrogens is 1. The van der Waals surface area contributed by atoms with Gasteiger partial charge in [-0.1, -0.05) is 0 Å². The van der Waals surface area contributed by atoms with E-state index in [0.29, 0.717) is 5.69 Å². The molecule has 2 aromatic heterocycles. The molecule has 56 valence electrons. The second-order valence-electron chi connectivity index (χ2n) is 2.48. The Bertz CT molecular complexity index is 356. The molecule has 0 aliphatic rings. The van der Waals surface area contributed by atoms with Crippen LogP contribution in [-0.2, 0) is 0 Å². The first kappa shape index (κ1) is 6.22. The lowest BCUT2D eigenvalue weighted by molar-refractivity contribution is -0.610. The molecule has 0 radical (unpaired) electrons. The van der Waals surface area contributed by atoms with Crippen LogP contribution in [-0.4, -0.2) is 0 Å². The third kappa shape index (κ3) is 0.852. The van der Waals surface area contributed by atoms with Crippen molar-refractivity contribution >= 4 is 11.0 Å². The Balaban J connectivity index is 2.86. The number of nitrogens with zero attached hydrogens (tertiary/aromatic N) is 1. The second-order valence-corrected chi connectivity index (χ2v) is 2.48. The standard InChI is InChI=1S/C8H7NO2/c1-6-4-8-7(2-3-11-8)5-9(6)10/h2-5H,1H3. The largest absolute Gasteiger partial charge is 0.618 e. The third-order valence-electron chi connectivity index (χ3n) is 1.67. The van der Waals surface area contributed by atoms with Crippen molar-refractivity contribution in [2.24, 2.45) is 0 Å². The maximum absolute atomic E-state index is 11.0. The summed E-state index contributed by atoms with van der Waals surface area (Å²) in [5.41, 5.74) is 1.40. The van der Waals surface area contributed by atoms with Gasteiger partial charge in [-0.25, -0.2) is 0 Å². The van der Waals surface area contributed by atoms with Gasteiger partial charge in [0.2, 0.25) is 0 Å². The van der Waals surface area contributed by atoms with Crippen LogP contribution in [0.15, 0.2) is 29.0 Å². The summed E-state index contributed by atoms with van der Waals surface area (Å²) in [6.45, 7) is 1.74. The average molecular weight is 149 g/mol. The van der Waals surface area contributed by atoms with Crippen molar-refractivity contribution in [2.75, 3.05) is 0 Å². The fourth-order valence-corrected chi connectivity index (χ4v) is 1.04. The van der Waals surface area contributed by atoms with Crippen LogP contribution >= 0.6 is 0 Å². The SMILES string of the molecule is Cc1cc2occc2c[n+]1[O-]. The molecule has 11 heavy (non-hydrogen) atoms. The lowest BCUT2D eigenvalue weighted by Gasteiger charge is -1.97. The highest BCUT2D eigenvalue weighted by Gasteiger charge is 2.03. The topological polar surface area (TPSA) is 40.1 Å². The van der Waals surface area contributed by atoms with E-state index in [1.807, 2.05) is 0 Å². The zero-order chi connectivity index (χ0) is 7.84. The smallest absolute Gasteiger partial charge is 0.193 e. The molecule has 0 aliphatic carbocycles. The van der Waals surface area contributed by atoms with Crippen LogP contribution in [0, 0.1) is 12.1 Å². The van der Waals surface area contributed by atoms with Gasteiger partial charge in [-0.2, -0.15) is 4.73 Å². The number of furan rings is 1. The van der Waals surface area contributed by atoms with Gasteiger partial charge in [-0.05, 0) is 6.07 Å². The lowest BCUT2D eigenvalue weighted by atomic mass is 10.3. The van der Waals surface area contributed by atoms with Crippen molar-refractivity contribution in [3.8, 4) is 0 Å². The van der Waals surface area contributed by atoms with E-state index in [9.17, 15) is 5.21 Å². The van der Waals surface area contributed by atoms with Crippen molar-refractivity contribution in [1.82, 2.24) is 0 Å². The minimum atomic E-state index is 0.646. The van der Waals surface area contributed by atoms with E-state index in [1.165, 1.54) is 6.20 Å². The van der Waals surface area contributed by atoms with Gasteiger partial charge in [0, 0.05) is 13.0 Å². The Morgan fingerprint density at radius 3 is 3.18 bits per heavy atom. The summed E-state index contributed by atoms with van der Waals surface area (Å²) < 4.78 is 5.93. The number of fused-ring (bicyclic) bond motifs is 1. The van der Waals surface area contributed by atoms with Crippen LogP contribution in [0.25, 0.3) is 11.0 Å². The first-order valence-corrected chi connectivity index (χ1v) is 3.34. The van der Waals surface area contributed by atoms with Gasteiger partial charge in [-0.3, -0.25) is 0 Å². The number of aryl methyl sites for hydroxylation is 1. The molecule has 0 saturated heterocycles. The molecule has 2 aromatic rings. The van der Waals surface area contributed by atoms with E-state index in [2.05, 4.69) is 0 Å². The summed E-state index contributed by atoms with van der Waals surface area (Å²) in [5.74, 6) is 0. The third-order valence-corrected chi connectivity index (χ3v) is 1.67. The van der Waals surface area contributed by atoms with E-state index >= 15 is 0 Å². The Hall–Kier alpha value is -1.51. The molecule has 0 aromatic carbocycles. The van der Waals surface area contributed by atoms with Crippen LogP contribution in [0.2, 0.25) is 0 Å². The Kier molecular flexibility index (Phi) is 1.12. The zero-order valence-electron chi connectivity index (χ0n) is 6.07. The van der Waals surface area contributed by atoms with Gasteiger partial charge >= 0.3 is 0 Å². The van der Waals surface area contributed by atoms with Crippen LogP contribution in [0.1, 0.15) is 5.69 Å². The minimum absolute atomic E-state index is 0.646. The van der Waals surface area contributed by atoms with E-state index in [1.54, 1.807) is 25.3 Å². The Labute approximate surface area is 63.5 Å². The van der Waals surface area contributed by atoms with Gasteiger partial charge in [-0.15, -0.1) is 0 Å². The number of hydrogen-bond acceptors (Lipinski definition) is 2. The summed E-state index contributed by atoms with van der Waals surface area (Å²) in [6.07, 6.45) is 3.08. The molecular formula is C8H7NO2. The minimum Gasteiger partial charge on any atom is -0.618 e. The fourth-order valence-electron chi connectivity index (χ4n) is 1.04. The monoisotopic (exact) mass is 149 g/mol. The Morgan fingerprint density at radius 2 is 2.36 bits per heavy atom. The number of pyridine rings is 1. The summed E-state index contributed by atoms with van der Waals surface area (Å²) in [4.78, 5) is 0. The average Bonchev–Trinajstić information content (AvgIpc) is 2.36. The lowest BCUT2D eigenvalue weighted by Crippen LogP contribution is -2.28. The molecule has 3 nitrogen and oxygen atoms in total. The molecule has 0 saturated carbocycles. The molecule has 0 amide bonds. The zero-order valence-corrected chi connectivity index (χ0v) is 6.07. The fraction of sp³-hybridized carbons (Fsp3) is 0.125. The molecule has 3 heteroatoms. The van der Waals surface area contributed by atoms with Crippen molar-refractivity contribution in [3.63, 3.8) is 0 Å². The van der Waals surface area contributed by atoms with Gasteiger partial charge in [0.1, 0.15) is 5.58 Å².